The van der Waals surface area contributed by atoms with Crippen LogP contribution in [0.3, 0.4) is 0 Å². The molecule has 74 valence electrons. The van der Waals surface area contributed by atoms with E-state index in [1.165, 1.54) is 23.0 Å². The van der Waals surface area contributed by atoms with Gasteiger partial charge in [-0.15, -0.1) is 0 Å². The number of hydrogen-bond donors (Lipinski definition) is 2. The van der Waals surface area contributed by atoms with Gasteiger partial charge in [-0.25, -0.2) is 0 Å². The third-order valence-corrected chi connectivity index (χ3v) is 4.66. The average molecular weight is 243 g/mol. The van der Waals surface area contributed by atoms with E-state index in [2.05, 4.69) is 39.1 Å². The monoisotopic (exact) mass is 242 g/mol. The molecule has 0 saturated carbocycles. The Labute approximate surface area is 95.9 Å². The molecular weight excluding hydrogens is 224 g/mol. The summed E-state index contributed by atoms with van der Waals surface area (Å²) in [5, 5.41) is 1.06. The van der Waals surface area contributed by atoms with Crippen molar-refractivity contribution >= 4 is 48.8 Å². The molecule has 2 atom stereocenters. The molecule has 0 amide bonds. The van der Waals surface area contributed by atoms with Crippen molar-refractivity contribution in [3.05, 3.63) is 0 Å². The lowest BCUT2D eigenvalue weighted by Gasteiger charge is -2.05. The van der Waals surface area contributed by atoms with Crippen LogP contribution in [0.15, 0.2) is 0 Å². The first kappa shape index (κ1) is 13.4. The second-order valence-corrected chi connectivity index (χ2v) is 6.91. The van der Waals surface area contributed by atoms with Crippen LogP contribution in [0.1, 0.15) is 13.8 Å². The summed E-state index contributed by atoms with van der Waals surface area (Å²) in [6.45, 7) is 4.28. The molecule has 0 nitrogen and oxygen atoms in total. The number of rotatable bonds is 7. The van der Waals surface area contributed by atoms with Gasteiger partial charge in [0.1, 0.15) is 0 Å². The predicted octanol–water partition coefficient (Wildman–Crippen LogP) is 3.09. The fraction of sp³-hybridized carbons (Fsp3) is 1.00. The van der Waals surface area contributed by atoms with Crippen LogP contribution in [0, 0.1) is 0 Å². The quantitative estimate of drug-likeness (QED) is 0.520. The van der Waals surface area contributed by atoms with E-state index in [0.29, 0.717) is 10.5 Å². The van der Waals surface area contributed by atoms with Crippen LogP contribution in [-0.4, -0.2) is 33.5 Å². The van der Waals surface area contributed by atoms with Gasteiger partial charge in [0.15, 0.2) is 0 Å². The molecule has 0 N–H and O–H groups in total. The zero-order chi connectivity index (χ0) is 9.40. The van der Waals surface area contributed by atoms with Crippen LogP contribution in [0.25, 0.3) is 0 Å². The number of thioether (sulfide) groups is 2. The van der Waals surface area contributed by atoms with Crippen molar-refractivity contribution in [3.8, 4) is 0 Å². The van der Waals surface area contributed by atoms with E-state index in [4.69, 9.17) is 0 Å². The van der Waals surface area contributed by atoms with E-state index in [0.717, 1.165) is 0 Å². The van der Waals surface area contributed by atoms with Crippen molar-refractivity contribution in [2.45, 2.75) is 24.3 Å². The highest BCUT2D eigenvalue weighted by molar-refractivity contribution is 8.03. The Balaban J connectivity index is 2.91. The molecule has 4 heteroatoms. The summed E-state index contributed by atoms with van der Waals surface area (Å²) in [4.78, 5) is 0. The van der Waals surface area contributed by atoms with Crippen molar-refractivity contribution in [2.24, 2.45) is 0 Å². The van der Waals surface area contributed by atoms with Crippen molar-refractivity contribution in [1.29, 1.82) is 0 Å². The van der Waals surface area contributed by atoms with Gasteiger partial charge in [0.2, 0.25) is 0 Å². The first-order valence-corrected chi connectivity index (χ1v) is 7.48. The minimum Gasteiger partial charge on any atom is -0.175 e. The molecule has 0 fully saturated rings. The summed E-state index contributed by atoms with van der Waals surface area (Å²) in [5.41, 5.74) is 0. The minimum atomic E-state index is 0.531. The Morgan fingerprint density at radius 3 is 1.50 bits per heavy atom. The van der Waals surface area contributed by atoms with Crippen LogP contribution in [0.5, 0.6) is 0 Å². The molecule has 0 radical (unpaired) electrons. The molecule has 0 rings (SSSR count). The van der Waals surface area contributed by atoms with Crippen LogP contribution in [0.2, 0.25) is 0 Å². The summed E-state index contributed by atoms with van der Waals surface area (Å²) < 4.78 is 0. The molecule has 0 aromatic rings. The Hall–Kier alpha value is 1.40. The van der Waals surface area contributed by atoms with Crippen LogP contribution in [-0.2, 0) is 0 Å². The normalized spacial score (nSPS) is 16.0. The first-order valence-electron chi connectivity index (χ1n) is 4.14. The van der Waals surface area contributed by atoms with Crippen molar-refractivity contribution < 1.29 is 0 Å². The Morgan fingerprint density at radius 1 is 0.917 bits per heavy atom. The summed E-state index contributed by atoms with van der Waals surface area (Å²) in [6.07, 6.45) is 0. The topological polar surface area (TPSA) is 0 Å². The fourth-order valence-electron chi connectivity index (χ4n) is 0.626. The van der Waals surface area contributed by atoms with Crippen LogP contribution < -0.4 is 0 Å². The van der Waals surface area contributed by atoms with Crippen LogP contribution >= 0.6 is 48.8 Å². The van der Waals surface area contributed by atoms with Gasteiger partial charge in [0, 0.05) is 33.5 Å². The van der Waals surface area contributed by atoms with Crippen molar-refractivity contribution in [2.75, 3.05) is 23.0 Å². The van der Waals surface area contributed by atoms with Gasteiger partial charge in [0.05, 0.1) is 0 Å². The highest BCUT2D eigenvalue weighted by Gasteiger charge is 1.97. The average Bonchev–Trinajstić information content (AvgIpc) is 1.95. The first-order chi connectivity index (χ1) is 5.63. The maximum absolute atomic E-state index is 4.32. The lowest BCUT2D eigenvalue weighted by Crippen LogP contribution is -1.99. The largest absolute Gasteiger partial charge is 0.175 e. The highest BCUT2D eigenvalue weighted by atomic mass is 32.2. The molecule has 0 bridgehead atoms. The van der Waals surface area contributed by atoms with Gasteiger partial charge in [-0.2, -0.15) is 48.8 Å². The molecule has 0 spiro atoms. The van der Waals surface area contributed by atoms with Crippen molar-refractivity contribution in [3.63, 3.8) is 0 Å². The molecule has 0 aromatic carbocycles. The summed E-state index contributed by atoms with van der Waals surface area (Å²) in [5.74, 6) is 4.83. The smallest absolute Gasteiger partial charge is 0.00791 e. The molecule has 0 aliphatic rings. The van der Waals surface area contributed by atoms with E-state index in [-0.39, 0.29) is 0 Å². The predicted molar refractivity (Wildman–Crippen MR) is 71.5 cm³/mol. The third kappa shape index (κ3) is 11.4. The van der Waals surface area contributed by atoms with Gasteiger partial charge in [0.25, 0.3) is 0 Å². The molecule has 0 saturated heterocycles. The standard InChI is InChI=1S/C8H18S4/c1-7(9)5-11-3-4-12-6-8(2)10/h7-10H,3-6H2,1-2H3. The van der Waals surface area contributed by atoms with E-state index in [9.17, 15) is 0 Å². The van der Waals surface area contributed by atoms with Gasteiger partial charge in [-0.1, -0.05) is 13.8 Å². The molecular formula is C8H18S4. The zero-order valence-electron chi connectivity index (χ0n) is 7.69. The van der Waals surface area contributed by atoms with Gasteiger partial charge >= 0.3 is 0 Å². The molecule has 0 aliphatic carbocycles. The summed E-state index contributed by atoms with van der Waals surface area (Å²) >= 11 is 12.6. The Kier molecular flexibility index (Phi) is 10.0. The van der Waals surface area contributed by atoms with Gasteiger partial charge in [-0.3, -0.25) is 0 Å². The van der Waals surface area contributed by atoms with Gasteiger partial charge < -0.3 is 0 Å². The minimum absolute atomic E-state index is 0.531. The maximum atomic E-state index is 4.32. The third-order valence-electron chi connectivity index (χ3n) is 1.09. The highest BCUT2D eigenvalue weighted by Crippen LogP contribution is 2.12. The fourth-order valence-corrected chi connectivity index (χ4v) is 3.22. The van der Waals surface area contributed by atoms with E-state index in [1.807, 2.05) is 23.5 Å². The maximum Gasteiger partial charge on any atom is 0.00791 e. The van der Waals surface area contributed by atoms with Crippen LogP contribution in [0.4, 0.5) is 0 Å². The zero-order valence-corrected chi connectivity index (χ0v) is 11.1. The van der Waals surface area contributed by atoms with E-state index < -0.39 is 0 Å². The number of hydrogen-bond acceptors (Lipinski definition) is 4. The molecule has 0 heterocycles. The molecule has 0 aromatic heterocycles. The second-order valence-electron chi connectivity index (χ2n) is 2.85. The molecule has 12 heavy (non-hydrogen) atoms. The van der Waals surface area contributed by atoms with Gasteiger partial charge in [-0.05, 0) is 0 Å². The Morgan fingerprint density at radius 2 is 1.25 bits per heavy atom. The molecule has 2 unspecified atom stereocenters. The number of thiol groups is 2. The van der Waals surface area contributed by atoms with E-state index >= 15 is 0 Å². The lowest BCUT2D eigenvalue weighted by atomic mass is 10.6. The molecule has 0 aliphatic heterocycles. The van der Waals surface area contributed by atoms with Crippen molar-refractivity contribution in [1.82, 2.24) is 0 Å². The Bertz CT molecular complexity index is 81.1. The lowest BCUT2D eigenvalue weighted by molar-refractivity contribution is 1.14. The summed E-state index contributed by atoms with van der Waals surface area (Å²) in [7, 11) is 0. The second kappa shape index (κ2) is 8.97. The SMILES string of the molecule is CC(S)CSCCSCC(C)S. The summed E-state index contributed by atoms with van der Waals surface area (Å²) in [6, 6.07) is 0. The van der Waals surface area contributed by atoms with E-state index in [1.54, 1.807) is 0 Å².